The van der Waals surface area contributed by atoms with E-state index in [1.165, 1.54) is 0 Å². The van der Waals surface area contributed by atoms with Gasteiger partial charge in [0.05, 0.1) is 6.21 Å². The Morgan fingerprint density at radius 1 is 1.00 bits per heavy atom. The number of nitrogens with zero attached hydrogens (tertiary/aromatic N) is 2. The third-order valence-electron chi connectivity index (χ3n) is 4.16. The molecule has 0 aliphatic heterocycles. The summed E-state index contributed by atoms with van der Waals surface area (Å²) in [4.78, 5) is 26.0. The number of rotatable bonds is 8. The van der Waals surface area contributed by atoms with Crippen molar-refractivity contribution in [2.45, 2.75) is 27.2 Å². The molecule has 0 fully saturated rings. The quantitative estimate of drug-likeness (QED) is 0.428. The smallest absolute Gasteiger partial charge is 0.249 e. The molecule has 0 aliphatic rings. The average Bonchev–Trinajstić information content (AvgIpc) is 2.66. The molecule has 0 saturated heterocycles. The SMILES string of the molecule is CCN(CC)c1ccc(C=NNC(=O)CC(=O)Nc2ccccc2C)cc1. The van der Waals surface area contributed by atoms with Crippen molar-refractivity contribution in [2.75, 3.05) is 23.3 Å². The van der Waals surface area contributed by atoms with Crippen molar-refractivity contribution < 1.29 is 9.59 Å². The largest absolute Gasteiger partial charge is 0.372 e. The monoisotopic (exact) mass is 366 g/mol. The van der Waals surface area contributed by atoms with E-state index >= 15 is 0 Å². The van der Waals surface area contributed by atoms with Crippen LogP contribution in [-0.4, -0.2) is 31.1 Å². The van der Waals surface area contributed by atoms with Crippen molar-refractivity contribution in [3.8, 4) is 0 Å². The van der Waals surface area contributed by atoms with Crippen LogP contribution < -0.4 is 15.6 Å². The second-order valence-corrected chi connectivity index (χ2v) is 6.10. The summed E-state index contributed by atoms with van der Waals surface area (Å²) in [6.45, 7) is 8.02. The summed E-state index contributed by atoms with van der Waals surface area (Å²) in [6, 6.07) is 15.3. The first-order chi connectivity index (χ1) is 13.0. The number of carbonyl (C=O) groups is 2. The standard InChI is InChI=1S/C21H26N4O2/c1-4-25(5-2)18-12-10-17(11-13-18)15-22-24-21(27)14-20(26)23-19-9-7-6-8-16(19)3/h6-13,15H,4-5,14H2,1-3H3,(H,23,26)(H,24,27). The van der Waals surface area contributed by atoms with Crippen molar-refractivity contribution in [2.24, 2.45) is 5.10 Å². The molecule has 2 aromatic carbocycles. The molecule has 2 amide bonds. The van der Waals surface area contributed by atoms with E-state index in [0.717, 1.165) is 29.9 Å². The summed E-state index contributed by atoms with van der Waals surface area (Å²) in [6.07, 6.45) is 1.27. The van der Waals surface area contributed by atoms with E-state index in [-0.39, 0.29) is 12.3 Å². The molecule has 6 heteroatoms. The van der Waals surface area contributed by atoms with Crippen LogP contribution in [0.15, 0.2) is 53.6 Å². The second-order valence-electron chi connectivity index (χ2n) is 6.10. The molecule has 0 saturated carbocycles. The van der Waals surface area contributed by atoms with Crippen LogP contribution in [-0.2, 0) is 9.59 Å². The lowest BCUT2D eigenvalue weighted by atomic mass is 10.2. The Morgan fingerprint density at radius 3 is 2.30 bits per heavy atom. The highest BCUT2D eigenvalue weighted by atomic mass is 16.2. The van der Waals surface area contributed by atoms with E-state index in [4.69, 9.17) is 0 Å². The van der Waals surface area contributed by atoms with Gasteiger partial charge in [0.2, 0.25) is 11.8 Å². The molecule has 2 aromatic rings. The Kier molecular flexibility index (Phi) is 7.55. The molecular formula is C21H26N4O2. The summed E-state index contributed by atoms with van der Waals surface area (Å²) in [5, 5.41) is 6.64. The van der Waals surface area contributed by atoms with Gasteiger partial charge in [0.1, 0.15) is 6.42 Å². The van der Waals surface area contributed by atoms with E-state index in [2.05, 4.69) is 34.6 Å². The van der Waals surface area contributed by atoms with Crippen LogP contribution in [0.5, 0.6) is 0 Å². The van der Waals surface area contributed by atoms with Crippen LogP contribution in [0.3, 0.4) is 0 Å². The van der Waals surface area contributed by atoms with Crippen LogP contribution in [0.1, 0.15) is 31.4 Å². The molecule has 27 heavy (non-hydrogen) atoms. The Hall–Kier alpha value is -3.15. The summed E-state index contributed by atoms with van der Waals surface area (Å²) in [5.41, 5.74) is 6.04. The number of anilines is 2. The molecular weight excluding hydrogens is 340 g/mol. The van der Waals surface area contributed by atoms with Gasteiger partial charge < -0.3 is 10.2 Å². The van der Waals surface area contributed by atoms with E-state index in [1.807, 2.05) is 49.4 Å². The molecule has 6 nitrogen and oxygen atoms in total. The van der Waals surface area contributed by atoms with Gasteiger partial charge in [-0.15, -0.1) is 0 Å². The van der Waals surface area contributed by atoms with Crippen molar-refractivity contribution in [1.29, 1.82) is 0 Å². The second kappa shape index (κ2) is 10.1. The fraction of sp³-hybridized carbons (Fsp3) is 0.286. The zero-order valence-corrected chi connectivity index (χ0v) is 16.0. The third-order valence-corrected chi connectivity index (χ3v) is 4.16. The molecule has 0 radical (unpaired) electrons. The van der Waals surface area contributed by atoms with Gasteiger partial charge in [-0.05, 0) is 50.1 Å². The first kappa shape index (κ1) is 20.2. The van der Waals surface area contributed by atoms with E-state index in [9.17, 15) is 9.59 Å². The van der Waals surface area contributed by atoms with Gasteiger partial charge in [0, 0.05) is 24.5 Å². The minimum atomic E-state index is -0.461. The molecule has 0 aromatic heterocycles. The molecule has 2 rings (SSSR count). The van der Waals surface area contributed by atoms with Gasteiger partial charge >= 0.3 is 0 Å². The molecule has 0 unspecified atom stereocenters. The number of hydrogen-bond donors (Lipinski definition) is 2. The van der Waals surface area contributed by atoms with Gasteiger partial charge in [0.25, 0.3) is 0 Å². The Morgan fingerprint density at radius 2 is 1.67 bits per heavy atom. The first-order valence-corrected chi connectivity index (χ1v) is 9.05. The van der Waals surface area contributed by atoms with Crippen molar-refractivity contribution >= 4 is 29.4 Å². The molecule has 142 valence electrons. The summed E-state index contributed by atoms with van der Waals surface area (Å²) in [5.74, 6) is -0.835. The zero-order valence-electron chi connectivity index (χ0n) is 16.0. The normalized spacial score (nSPS) is 10.6. The van der Waals surface area contributed by atoms with Crippen molar-refractivity contribution in [3.05, 3.63) is 59.7 Å². The number of benzene rings is 2. The fourth-order valence-electron chi connectivity index (χ4n) is 2.63. The Labute approximate surface area is 160 Å². The first-order valence-electron chi connectivity index (χ1n) is 9.05. The lowest BCUT2D eigenvalue weighted by molar-refractivity contribution is -0.126. The van der Waals surface area contributed by atoms with Crippen LogP contribution in [0.2, 0.25) is 0 Å². The molecule has 0 bridgehead atoms. The van der Waals surface area contributed by atoms with Crippen molar-refractivity contribution in [1.82, 2.24) is 5.43 Å². The number of nitrogens with one attached hydrogen (secondary N) is 2. The minimum absolute atomic E-state index is 0.285. The van der Waals surface area contributed by atoms with Crippen LogP contribution in [0, 0.1) is 6.92 Å². The van der Waals surface area contributed by atoms with Crippen LogP contribution in [0.25, 0.3) is 0 Å². The van der Waals surface area contributed by atoms with E-state index in [0.29, 0.717) is 5.69 Å². The highest BCUT2D eigenvalue weighted by molar-refractivity contribution is 6.04. The van der Waals surface area contributed by atoms with E-state index in [1.54, 1.807) is 12.3 Å². The lowest BCUT2D eigenvalue weighted by Crippen LogP contribution is -2.24. The maximum Gasteiger partial charge on any atom is 0.249 e. The minimum Gasteiger partial charge on any atom is -0.372 e. The zero-order chi connectivity index (χ0) is 19.6. The summed E-state index contributed by atoms with van der Waals surface area (Å²) < 4.78 is 0. The number of carbonyl (C=O) groups excluding carboxylic acids is 2. The van der Waals surface area contributed by atoms with Crippen LogP contribution in [0.4, 0.5) is 11.4 Å². The highest BCUT2D eigenvalue weighted by Gasteiger charge is 2.09. The number of para-hydroxylation sites is 1. The van der Waals surface area contributed by atoms with Gasteiger partial charge in [-0.1, -0.05) is 30.3 Å². The highest BCUT2D eigenvalue weighted by Crippen LogP contribution is 2.14. The lowest BCUT2D eigenvalue weighted by Gasteiger charge is -2.20. The number of amides is 2. The van der Waals surface area contributed by atoms with Gasteiger partial charge in [-0.2, -0.15) is 5.10 Å². The topological polar surface area (TPSA) is 73.8 Å². The molecule has 0 spiro atoms. The number of hydrogen-bond acceptors (Lipinski definition) is 4. The Bertz CT molecular complexity index is 796. The number of aryl methyl sites for hydroxylation is 1. The maximum absolute atomic E-state index is 11.9. The maximum atomic E-state index is 11.9. The molecule has 0 atom stereocenters. The average molecular weight is 366 g/mol. The van der Waals surface area contributed by atoms with Gasteiger partial charge in [-0.3, -0.25) is 9.59 Å². The molecule has 2 N–H and O–H groups in total. The Balaban J connectivity index is 1.82. The van der Waals surface area contributed by atoms with Gasteiger partial charge in [-0.25, -0.2) is 5.43 Å². The molecule has 0 aliphatic carbocycles. The number of hydrazone groups is 1. The van der Waals surface area contributed by atoms with Crippen molar-refractivity contribution in [3.63, 3.8) is 0 Å². The summed E-state index contributed by atoms with van der Waals surface area (Å²) in [7, 11) is 0. The molecule has 0 heterocycles. The van der Waals surface area contributed by atoms with E-state index < -0.39 is 5.91 Å². The van der Waals surface area contributed by atoms with Gasteiger partial charge in [0.15, 0.2) is 0 Å². The summed E-state index contributed by atoms with van der Waals surface area (Å²) >= 11 is 0. The third kappa shape index (κ3) is 6.26. The van der Waals surface area contributed by atoms with Crippen LogP contribution >= 0.6 is 0 Å². The predicted molar refractivity (Wildman–Crippen MR) is 110 cm³/mol. The predicted octanol–water partition coefficient (Wildman–Crippen LogP) is 3.32. The fourth-order valence-corrected chi connectivity index (χ4v) is 2.63.